The average molecular weight is 206 g/mol. The van der Waals surface area contributed by atoms with Gasteiger partial charge >= 0.3 is 0 Å². The number of aryl methyl sites for hydroxylation is 3. The van der Waals surface area contributed by atoms with Crippen LogP contribution in [0.15, 0.2) is 37.4 Å². The van der Waals surface area contributed by atoms with Crippen LogP contribution in [0.1, 0.15) is 12.8 Å². The number of hydrogen-bond acceptors (Lipinski definition) is 0. The quantitative estimate of drug-likeness (QED) is 0.542. The van der Waals surface area contributed by atoms with Gasteiger partial charge in [0.2, 0.25) is 12.7 Å². The fraction of sp³-hybridized carbons (Fsp3) is 0.455. The Kier molecular flexibility index (Phi) is 3.17. The Morgan fingerprint density at radius 1 is 1.27 bits per heavy atom. The lowest BCUT2D eigenvalue weighted by Crippen LogP contribution is -2.30. The molecule has 0 aromatic carbocycles. The predicted molar refractivity (Wildman–Crippen MR) is 55.8 cm³/mol. The van der Waals surface area contributed by atoms with Crippen molar-refractivity contribution in [3.05, 3.63) is 37.4 Å². The molecule has 15 heavy (non-hydrogen) atoms. The second-order valence-electron chi connectivity index (χ2n) is 3.87. The molecule has 0 aliphatic carbocycles. The van der Waals surface area contributed by atoms with Crippen molar-refractivity contribution >= 4 is 0 Å². The van der Waals surface area contributed by atoms with E-state index in [0.29, 0.717) is 0 Å². The number of nitrogens with zero attached hydrogens (tertiary/aromatic N) is 3. The second kappa shape index (κ2) is 4.77. The molecule has 0 unspecified atom stereocenters. The number of H-pyrrole nitrogens is 1. The Balaban J connectivity index is 1.67. The van der Waals surface area contributed by atoms with Crippen molar-refractivity contribution in [3.63, 3.8) is 0 Å². The van der Waals surface area contributed by atoms with E-state index >= 15 is 0 Å². The Morgan fingerprint density at radius 2 is 2.20 bits per heavy atom. The van der Waals surface area contributed by atoms with Crippen molar-refractivity contribution in [2.24, 2.45) is 7.05 Å². The van der Waals surface area contributed by atoms with Crippen molar-refractivity contribution in [1.29, 1.82) is 0 Å². The molecule has 80 valence electrons. The minimum absolute atomic E-state index is 1.09. The van der Waals surface area contributed by atoms with E-state index in [4.69, 9.17) is 0 Å². The van der Waals surface area contributed by atoms with E-state index in [1.807, 2.05) is 19.6 Å². The monoisotopic (exact) mass is 206 g/mol. The van der Waals surface area contributed by atoms with Crippen LogP contribution in [0.25, 0.3) is 0 Å². The Labute approximate surface area is 89.8 Å². The summed E-state index contributed by atoms with van der Waals surface area (Å²) in [5, 5.41) is 0. The maximum Gasteiger partial charge on any atom is 0.243 e. The molecule has 0 atom stereocenters. The summed E-state index contributed by atoms with van der Waals surface area (Å²) in [6, 6.07) is 0. The minimum atomic E-state index is 1.09. The molecule has 0 saturated heterocycles. The fourth-order valence-corrected chi connectivity index (χ4v) is 1.68. The molecule has 2 heterocycles. The summed E-state index contributed by atoms with van der Waals surface area (Å²) in [4.78, 5) is 3.05. The number of imidazole rings is 2. The van der Waals surface area contributed by atoms with Crippen molar-refractivity contribution in [1.82, 2.24) is 9.55 Å². The van der Waals surface area contributed by atoms with Crippen LogP contribution >= 0.6 is 0 Å². The molecular formula is C11H18N4+2. The maximum absolute atomic E-state index is 3.05. The molecule has 1 N–H and O–H groups in total. The molecular weight excluding hydrogens is 188 g/mol. The SMILES string of the molecule is C[n+]1ccn(CCCC[n+]2cc[nH]c2)c1. The van der Waals surface area contributed by atoms with Gasteiger partial charge in [-0.1, -0.05) is 0 Å². The summed E-state index contributed by atoms with van der Waals surface area (Å²) in [6.45, 7) is 2.20. The largest absolute Gasteiger partial charge is 0.250 e. The zero-order valence-electron chi connectivity index (χ0n) is 9.13. The molecule has 0 fully saturated rings. The van der Waals surface area contributed by atoms with E-state index in [-0.39, 0.29) is 0 Å². The van der Waals surface area contributed by atoms with Crippen LogP contribution < -0.4 is 9.13 Å². The van der Waals surface area contributed by atoms with Crippen molar-refractivity contribution in [3.8, 4) is 0 Å². The lowest BCUT2D eigenvalue weighted by atomic mass is 10.3. The third-order valence-electron chi connectivity index (χ3n) is 2.51. The highest BCUT2D eigenvalue weighted by molar-refractivity contribution is 4.65. The van der Waals surface area contributed by atoms with Gasteiger partial charge in [-0.3, -0.25) is 4.98 Å². The first kappa shape index (κ1) is 9.96. The molecule has 2 aromatic rings. The van der Waals surface area contributed by atoms with Crippen LogP contribution in [0.4, 0.5) is 0 Å². The van der Waals surface area contributed by atoms with Gasteiger partial charge in [-0.2, -0.15) is 0 Å². The van der Waals surface area contributed by atoms with Gasteiger partial charge < -0.3 is 0 Å². The topological polar surface area (TPSA) is 28.5 Å². The van der Waals surface area contributed by atoms with Gasteiger partial charge in [0.25, 0.3) is 0 Å². The number of unbranched alkanes of at least 4 members (excludes halogenated alkanes) is 1. The minimum Gasteiger partial charge on any atom is -0.250 e. The highest BCUT2D eigenvalue weighted by Gasteiger charge is 2.00. The second-order valence-corrected chi connectivity index (χ2v) is 3.87. The molecule has 0 bridgehead atoms. The van der Waals surface area contributed by atoms with Crippen LogP contribution in [0.3, 0.4) is 0 Å². The molecule has 4 nitrogen and oxygen atoms in total. The van der Waals surface area contributed by atoms with Crippen LogP contribution in [0, 0.1) is 0 Å². The van der Waals surface area contributed by atoms with E-state index in [2.05, 4.69) is 43.6 Å². The average Bonchev–Trinajstić information content (AvgIpc) is 2.84. The van der Waals surface area contributed by atoms with Gasteiger partial charge in [-0.25, -0.2) is 13.7 Å². The van der Waals surface area contributed by atoms with Crippen LogP contribution in [0.5, 0.6) is 0 Å². The Hall–Kier alpha value is -1.58. The standard InChI is InChI=1S/C11H17N4/c1-13-8-9-15(11-13)6-3-2-5-14-7-4-12-10-14/h4,7-11H,2-3,5-6H2,1H3/q+1/p+1. The van der Waals surface area contributed by atoms with Gasteiger partial charge in [0, 0.05) is 0 Å². The third kappa shape index (κ3) is 2.94. The summed E-state index contributed by atoms with van der Waals surface area (Å²) in [7, 11) is 2.05. The lowest BCUT2D eigenvalue weighted by molar-refractivity contribution is -0.696. The van der Waals surface area contributed by atoms with E-state index in [1.54, 1.807) is 0 Å². The number of aromatic amines is 1. The molecule has 2 aromatic heterocycles. The highest BCUT2D eigenvalue weighted by atomic mass is 15.1. The normalized spacial score (nSPS) is 10.7. The smallest absolute Gasteiger partial charge is 0.243 e. The molecule has 0 amide bonds. The van der Waals surface area contributed by atoms with Gasteiger partial charge in [0.1, 0.15) is 24.8 Å². The molecule has 2 rings (SSSR count). The summed E-state index contributed by atoms with van der Waals surface area (Å²) in [6.07, 6.45) is 14.7. The van der Waals surface area contributed by atoms with E-state index in [1.165, 1.54) is 12.8 Å². The van der Waals surface area contributed by atoms with Gasteiger partial charge in [-0.05, 0) is 12.8 Å². The number of aromatic nitrogens is 4. The molecule has 0 radical (unpaired) electrons. The lowest BCUT2D eigenvalue weighted by Gasteiger charge is -1.96. The van der Waals surface area contributed by atoms with E-state index in [0.717, 1.165) is 13.1 Å². The summed E-state index contributed by atoms with van der Waals surface area (Å²) < 4.78 is 6.47. The van der Waals surface area contributed by atoms with Gasteiger partial charge in [0.05, 0.1) is 20.1 Å². The first-order valence-corrected chi connectivity index (χ1v) is 5.37. The highest BCUT2D eigenvalue weighted by Crippen LogP contribution is 1.94. The number of rotatable bonds is 5. The molecule has 4 heteroatoms. The molecule has 0 spiro atoms. The van der Waals surface area contributed by atoms with Crippen molar-refractivity contribution in [2.75, 3.05) is 0 Å². The molecule has 0 saturated carbocycles. The van der Waals surface area contributed by atoms with Gasteiger partial charge in [0.15, 0.2) is 0 Å². The maximum atomic E-state index is 3.05. The van der Waals surface area contributed by atoms with Crippen LogP contribution in [0.2, 0.25) is 0 Å². The molecule has 0 aliphatic rings. The number of nitrogens with one attached hydrogen (secondary N) is 1. The molecule has 0 aliphatic heterocycles. The predicted octanol–water partition coefficient (Wildman–Crippen LogP) is 0.409. The van der Waals surface area contributed by atoms with Crippen LogP contribution in [-0.4, -0.2) is 9.55 Å². The zero-order chi connectivity index (χ0) is 10.5. The van der Waals surface area contributed by atoms with Gasteiger partial charge in [-0.15, -0.1) is 0 Å². The van der Waals surface area contributed by atoms with E-state index < -0.39 is 0 Å². The fourth-order valence-electron chi connectivity index (χ4n) is 1.68. The Bertz CT molecular complexity index is 388. The summed E-state index contributed by atoms with van der Waals surface area (Å²) >= 11 is 0. The van der Waals surface area contributed by atoms with Crippen LogP contribution in [-0.2, 0) is 20.1 Å². The number of hydrogen-bond donors (Lipinski definition) is 1. The third-order valence-corrected chi connectivity index (χ3v) is 2.51. The summed E-state index contributed by atoms with van der Waals surface area (Å²) in [5.41, 5.74) is 0. The van der Waals surface area contributed by atoms with Crippen molar-refractivity contribution in [2.45, 2.75) is 25.9 Å². The van der Waals surface area contributed by atoms with Crippen molar-refractivity contribution < 1.29 is 9.13 Å². The Morgan fingerprint density at radius 3 is 2.87 bits per heavy atom. The first-order valence-electron chi connectivity index (χ1n) is 5.37. The van der Waals surface area contributed by atoms with E-state index in [9.17, 15) is 0 Å². The first-order chi connectivity index (χ1) is 7.34. The summed E-state index contributed by atoms with van der Waals surface area (Å²) in [5.74, 6) is 0. The zero-order valence-corrected chi connectivity index (χ0v) is 9.13.